The zero-order chi connectivity index (χ0) is 15.5. The van der Waals surface area contributed by atoms with Crippen molar-refractivity contribution in [3.05, 3.63) is 33.3 Å². The molecule has 0 spiro atoms. The van der Waals surface area contributed by atoms with E-state index in [1.54, 1.807) is 0 Å². The fourth-order valence-corrected chi connectivity index (χ4v) is 4.61. The van der Waals surface area contributed by atoms with Gasteiger partial charge >= 0.3 is 0 Å². The van der Waals surface area contributed by atoms with E-state index in [0.29, 0.717) is 13.1 Å². The second-order valence-corrected chi connectivity index (χ2v) is 8.92. The van der Waals surface area contributed by atoms with Crippen molar-refractivity contribution < 1.29 is 8.42 Å². The minimum absolute atomic E-state index is 0.170. The minimum Gasteiger partial charge on any atom is -0.313 e. The van der Waals surface area contributed by atoms with Crippen LogP contribution in [0.15, 0.2) is 22.7 Å². The third-order valence-electron chi connectivity index (χ3n) is 3.86. The van der Waals surface area contributed by atoms with Crippen molar-refractivity contribution in [1.29, 1.82) is 0 Å². The highest BCUT2D eigenvalue weighted by Gasteiger charge is 2.22. The monoisotopic (exact) mass is 394 g/mol. The molecule has 1 fully saturated rings. The van der Waals surface area contributed by atoms with E-state index in [1.807, 2.05) is 25.2 Å². The van der Waals surface area contributed by atoms with Gasteiger partial charge in [0.1, 0.15) is 0 Å². The summed E-state index contributed by atoms with van der Waals surface area (Å²) in [7, 11) is -0.887. The highest BCUT2D eigenvalue weighted by molar-refractivity contribution is 9.10. The summed E-state index contributed by atoms with van der Waals surface area (Å²) in [6, 6.07) is 6.08. The van der Waals surface area contributed by atoms with E-state index in [-0.39, 0.29) is 17.5 Å². The van der Waals surface area contributed by atoms with Crippen molar-refractivity contribution in [1.82, 2.24) is 10.2 Å². The van der Waals surface area contributed by atoms with Crippen LogP contribution in [0.1, 0.15) is 18.0 Å². The summed E-state index contributed by atoms with van der Waals surface area (Å²) in [5.41, 5.74) is 1.08. The Morgan fingerprint density at radius 2 is 2.05 bits per heavy atom. The second kappa shape index (κ2) is 7.42. The maximum Gasteiger partial charge on any atom is 0.152 e. The van der Waals surface area contributed by atoms with Crippen LogP contribution in [-0.2, 0) is 9.84 Å². The second-order valence-electron chi connectivity index (χ2n) is 5.29. The number of halogens is 2. The molecule has 1 aromatic rings. The molecule has 0 saturated carbocycles. The number of nitrogens with zero attached hydrogens (tertiary/aromatic N) is 1. The molecule has 0 bridgehead atoms. The van der Waals surface area contributed by atoms with Gasteiger partial charge in [-0.05, 0) is 31.2 Å². The van der Waals surface area contributed by atoms with Crippen LogP contribution in [0.3, 0.4) is 0 Å². The molecular formula is C14H20BrClN2O2S. The Bertz CT molecular complexity index is 581. The molecule has 1 atom stereocenters. The average molecular weight is 396 g/mol. The molecule has 1 N–H and O–H groups in total. The first-order valence-corrected chi connectivity index (χ1v) is 9.95. The number of sulfone groups is 1. The predicted octanol–water partition coefficient (Wildman–Crippen LogP) is 2.48. The summed E-state index contributed by atoms with van der Waals surface area (Å²) < 4.78 is 23.8. The SMILES string of the molecule is CNC(CCN1CCS(=O)(=O)CC1)c1ccc(Br)cc1Cl. The summed E-state index contributed by atoms with van der Waals surface area (Å²) in [5, 5.41) is 4.03. The van der Waals surface area contributed by atoms with Gasteiger partial charge in [-0.15, -0.1) is 0 Å². The van der Waals surface area contributed by atoms with E-state index >= 15 is 0 Å². The number of benzene rings is 1. The molecular weight excluding hydrogens is 376 g/mol. The first-order chi connectivity index (χ1) is 9.91. The molecule has 4 nitrogen and oxygen atoms in total. The molecule has 0 aromatic heterocycles. The Morgan fingerprint density at radius 1 is 1.38 bits per heavy atom. The molecule has 1 aliphatic heterocycles. The molecule has 2 rings (SSSR count). The molecule has 1 heterocycles. The van der Waals surface area contributed by atoms with Crippen molar-refractivity contribution in [2.24, 2.45) is 0 Å². The van der Waals surface area contributed by atoms with Crippen molar-refractivity contribution in [3.63, 3.8) is 0 Å². The van der Waals surface area contributed by atoms with Crippen molar-refractivity contribution >= 4 is 37.4 Å². The highest BCUT2D eigenvalue weighted by atomic mass is 79.9. The Morgan fingerprint density at radius 3 is 2.62 bits per heavy atom. The number of hydrogen-bond donors (Lipinski definition) is 1. The van der Waals surface area contributed by atoms with Gasteiger partial charge in [0.05, 0.1) is 11.5 Å². The van der Waals surface area contributed by atoms with E-state index in [9.17, 15) is 8.42 Å². The van der Waals surface area contributed by atoms with Crippen LogP contribution in [0.5, 0.6) is 0 Å². The fourth-order valence-electron chi connectivity index (χ4n) is 2.52. The summed E-state index contributed by atoms with van der Waals surface area (Å²) in [5.74, 6) is 0.548. The number of nitrogens with one attached hydrogen (secondary N) is 1. The normalized spacial score (nSPS) is 20.3. The smallest absolute Gasteiger partial charge is 0.152 e. The number of rotatable bonds is 5. The van der Waals surface area contributed by atoms with Gasteiger partial charge in [0, 0.05) is 35.2 Å². The van der Waals surface area contributed by atoms with Gasteiger partial charge in [0.25, 0.3) is 0 Å². The van der Waals surface area contributed by atoms with Gasteiger partial charge in [-0.3, -0.25) is 0 Å². The van der Waals surface area contributed by atoms with Gasteiger partial charge in [-0.25, -0.2) is 8.42 Å². The number of hydrogen-bond acceptors (Lipinski definition) is 4. The quantitative estimate of drug-likeness (QED) is 0.832. The summed E-state index contributed by atoms with van der Waals surface area (Å²) in [6.07, 6.45) is 0.901. The van der Waals surface area contributed by atoms with Crippen LogP contribution >= 0.6 is 27.5 Å². The van der Waals surface area contributed by atoms with E-state index < -0.39 is 9.84 Å². The Labute approximate surface area is 139 Å². The molecule has 1 aliphatic rings. The molecule has 1 unspecified atom stereocenters. The lowest BCUT2D eigenvalue weighted by Gasteiger charge is -2.28. The largest absolute Gasteiger partial charge is 0.313 e. The van der Waals surface area contributed by atoms with Gasteiger partial charge < -0.3 is 10.2 Å². The Hall–Kier alpha value is -0.140. The molecule has 1 aromatic carbocycles. The summed E-state index contributed by atoms with van der Waals surface area (Å²) >= 11 is 9.71. The van der Waals surface area contributed by atoms with Gasteiger partial charge in [0.2, 0.25) is 0 Å². The molecule has 1 saturated heterocycles. The third-order valence-corrected chi connectivity index (χ3v) is 6.29. The van der Waals surface area contributed by atoms with Gasteiger partial charge in [-0.2, -0.15) is 0 Å². The van der Waals surface area contributed by atoms with E-state index in [2.05, 4.69) is 26.1 Å². The average Bonchev–Trinajstić information content (AvgIpc) is 2.42. The topological polar surface area (TPSA) is 49.4 Å². The maximum absolute atomic E-state index is 11.4. The maximum atomic E-state index is 11.4. The predicted molar refractivity (Wildman–Crippen MR) is 90.7 cm³/mol. The molecule has 0 amide bonds. The Kier molecular flexibility index (Phi) is 6.08. The van der Waals surface area contributed by atoms with Crippen LogP contribution < -0.4 is 5.32 Å². The standard InChI is InChI=1S/C14H20BrClN2O2S/c1-17-14(12-3-2-11(15)10-13(12)16)4-5-18-6-8-21(19,20)9-7-18/h2-3,10,14,17H,4-9H2,1H3. The third kappa shape index (κ3) is 4.93. The Balaban J connectivity index is 1.94. The molecule has 118 valence electrons. The van der Waals surface area contributed by atoms with E-state index in [1.165, 1.54) is 0 Å². The van der Waals surface area contributed by atoms with Crippen LogP contribution in [0, 0.1) is 0 Å². The first kappa shape index (κ1) is 17.2. The minimum atomic E-state index is -2.81. The lowest BCUT2D eigenvalue weighted by Crippen LogP contribution is -2.41. The molecule has 7 heteroatoms. The highest BCUT2D eigenvalue weighted by Crippen LogP contribution is 2.28. The zero-order valence-corrected chi connectivity index (χ0v) is 15.1. The van der Waals surface area contributed by atoms with Crippen molar-refractivity contribution in [3.8, 4) is 0 Å². The van der Waals surface area contributed by atoms with Crippen LogP contribution in [0.25, 0.3) is 0 Å². The lowest BCUT2D eigenvalue weighted by molar-refractivity contribution is 0.278. The van der Waals surface area contributed by atoms with Gasteiger partial charge in [-0.1, -0.05) is 33.6 Å². The molecule has 0 radical (unpaired) electrons. The fraction of sp³-hybridized carbons (Fsp3) is 0.571. The lowest BCUT2D eigenvalue weighted by atomic mass is 10.0. The van der Waals surface area contributed by atoms with Crippen LogP contribution in [0.4, 0.5) is 0 Å². The van der Waals surface area contributed by atoms with E-state index in [0.717, 1.165) is 28.0 Å². The summed E-state index contributed by atoms with van der Waals surface area (Å²) in [6.45, 7) is 2.13. The summed E-state index contributed by atoms with van der Waals surface area (Å²) in [4.78, 5) is 2.21. The van der Waals surface area contributed by atoms with Crippen molar-refractivity contribution in [2.75, 3.05) is 38.2 Å². The molecule has 0 aliphatic carbocycles. The van der Waals surface area contributed by atoms with Crippen molar-refractivity contribution in [2.45, 2.75) is 12.5 Å². The zero-order valence-electron chi connectivity index (χ0n) is 12.0. The molecule has 21 heavy (non-hydrogen) atoms. The van der Waals surface area contributed by atoms with E-state index in [4.69, 9.17) is 11.6 Å². The van der Waals surface area contributed by atoms with Crippen LogP contribution in [-0.4, -0.2) is 51.5 Å². The van der Waals surface area contributed by atoms with Crippen LogP contribution in [0.2, 0.25) is 5.02 Å². The first-order valence-electron chi connectivity index (χ1n) is 6.96. The van der Waals surface area contributed by atoms with Gasteiger partial charge in [0.15, 0.2) is 9.84 Å².